The van der Waals surface area contributed by atoms with E-state index in [4.69, 9.17) is 4.74 Å². The van der Waals surface area contributed by atoms with Crippen LogP contribution in [0.15, 0.2) is 29.3 Å². The lowest BCUT2D eigenvalue weighted by Gasteiger charge is -2.35. The van der Waals surface area contributed by atoms with E-state index < -0.39 is 0 Å². The molecule has 0 amide bonds. The summed E-state index contributed by atoms with van der Waals surface area (Å²) < 4.78 is 5.18. The van der Waals surface area contributed by atoms with E-state index in [1.807, 2.05) is 19.2 Å². The van der Waals surface area contributed by atoms with Crippen molar-refractivity contribution in [1.29, 1.82) is 0 Å². The second-order valence-corrected chi connectivity index (χ2v) is 5.93. The van der Waals surface area contributed by atoms with E-state index in [-0.39, 0.29) is 24.0 Å². The van der Waals surface area contributed by atoms with Gasteiger partial charge < -0.3 is 15.4 Å². The van der Waals surface area contributed by atoms with Crippen LogP contribution in [0.2, 0.25) is 0 Å². The molecule has 0 aliphatic carbocycles. The van der Waals surface area contributed by atoms with E-state index >= 15 is 0 Å². The predicted molar refractivity (Wildman–Crippen MR) is 111 cm³/mol. The van der Waals surface area contributed by atoms with E-state index in [1.165, 1.54) is 31.4 Å². The van der Waals surface area contributed by atoms with Gasteiger partial charge in [0.2, 0.25) is 0 Å². The molecule has 1 atom stereocenters. The summed E-state index contributed by atoms with van der Waals surface area (Å²) in [5.74, 6) is 1.75. The van der Waals surface area contributed by atoms with E-state index in [0.29, 0.717) is 6.04 Å². The molecule has 0 spiro atoms. The first-order chi connectivity index (χ1) is 11.3. The molecule has 1 aromatic rings. The minimum atomic E-state index is 0. The lowest BCUT2D eigenvalue weighted by molar-refractivity contribution is 0.157. The van der Waals surface area contributed by atoms with Crippen LogP contribution in [0.3, 0.4) is 0 Å². The second-order valence-electron chi connectivity index (χ2n) is 5.93. The van der Waals surface area contributed by atoms with Crippen molar-refractivity contribution in [2.75, 3.05) is 33.8 Å². The number of methoxy groups -OCH3 is 1. The molecule has 5 nitrogen and oxygen atoms in total. The molecule has 0 saturated carbocycles. The van der Waals surface area contributed by atoms with Crippen LogP contribution >= 0.6 is 24.0 Å². The van der Waals surface area contributed by atoms with Crippen molar-refractivity contribution < 1.29 is 4.74 Å². The van der Waals surface area contributed by atoms with Crippen molar-refractivity contribution in [3.63, 3.8) is 0 Å². The fourth-order valence-corrected chi connectivity index (χ4v) is 3.07. The molecule has 0 bridgehead atoms. The standard InChI is InChI=1S/C18H30N4O.HI/c1-4-22-12-6-5-7-16(22)14-21-18(19-2)20-13-15-8-10-17(23-3)11-9-15;/h8-11,16H,4-7,12-14H2,1-3H3,(H2,19,20,21);1H. The number of piperidine rings is 1. The van der Waals surface area contributed by atoms with Gasteiger partial charge in [0.25, 0.3) is 0 Å². The third-order valence-corrected chi connectivity index (χ3v) is 4.50. The average Bonchev–Trinajstić information content (AvgIpc) is 2.62. The van der Waals surface area contributed by atoms with Crippen LogP contribution < -0.4 is 15.4 Å². The van der Waals surface area contributed by atoms with Crippen LogP contribution in [-0.2, 0) is 6.54 Å². The number of likely N-dealkylation sites (tertiary alicyclic amines) is 1. The Bertz CT molecular complexity index is 492. The van der Waals surface area contributed by atoms with Crippen LogP contribution in [0.25, 0.3) is 0 Å². The quantitative estimate of drug-likeness (QED) is 0.401. The van der Waals surface area contributed by atoms with Gasteiger partial charge in [-0.25, -0.2) is 0 Å². The van der Waals surface area contributed by atoms with E-state index in [0.717, 1.165) is 31.3 Å². The molecule has 1 aliphatic rings. The number of ether oxygens (including phenoxy) is 1. The van der Waals surface area contributed by atoms with Gasteiger partial charge in [0.1, 0.15) is 5.75 Å². The summed E-state index contributed by atoms with van der Waals surface area (Å²) in [7, 11) is 3.51. The Morgan fingerprint density at radius 1 is 1.25 bits per heavy atom. The van der Waals surface area contributed by atoms with Crippen LogP contribution in [0.5, 0.6) is 5.75 Å². The summed E-state index contributed by atoms with van der Waals surface area (Å²) in [5.41, 5.74) is 1.21. The number of guanidine groups is 1. The Hall–Kier alpha value is -1.02. The summed E-state index contributed by atoms with van der Waals surface area (Å²) in [6.07, 6.45) is 3.94. The van der Waals surface area contributed by atoms with Crippen LogP contribution in [-0.4, -0.2) is 50.7 Å². The normalized spacial score (nSPS) is 18.6. The monoisotopic (exact) mass is 446 g/mol. The molecule has 6 heteroatoms. The van der Waals surface area contributed by atoms with Crippen molar-refractivity contribution in [2.45, 2.75) is 38.8 Å². The number of hydrogen-bond donors (Lipinski definition) is 2. The molecular weight excluding hydrogens is 415 g/mol. The highest BCUT2D eigenvalue weighted by atomic mass is 127. The Morgan fingerprint density at radius 2 is 2.00 bits per heavy atom. The van der Waals surface area contributed by atoms with Crippen molar-refractivity contribution >= 4 is 29.9 Å². The smallest absolute Gasteiger partial charge is 0.191 e. The van der Waals surface area contributed by atoms with Gasteiger partial charge in [0.05, 0.1) is 7.11 Å². The fourth-order valence-electron chi connectivity index (χ4n) is 3.07. The van der Waals surface area contributed by atoms with Crippen molar-refractivity contribution in [3.8, 4) is 5.75 Å². The third-order valence-electron chi connectivity index (χ3n) is 4.50. The summed E-state index contributed by atoms with van der Waals surface area (Å²) in [5, 5.41) is 6.84. The first kappa shape index (κ1) is 21.0. The summed E-state index contributed by atoms with van der Waals surface area (Å²) in [6, 6.07) is 8.72. The molecule has 1 saturated heterocycles. The average molecular weight is 446 g/mol. The van der Waals surface area contributed by atoms with Gasteiger partial charge in [-0.2, -0.15) is 0 Å². The Morgan fingerprint density at radius 3 is 2.62 bits per heavy atom. The SMILES string of the molecule is CCN1CCCCC1CNC(=NC)NCc1ccc(OC)cc1.I. The van der Waals surface area contributed by atoms with Gasteiger partial charge in [-0.05, 0) is 43.6 Å². The van der Waals surface area contributed by atoms with Crippen LogP contribution in [0, 0.1) is 0 Å². The highest BCUT2D eigenvalue weighted by Crippen LogP contribution is 2.15. The largest absolute Gasteiger partial charge is 0.497 e. The molecule has 1 heterocycles. The van der Waals surface area contributed by atoms with Gasteiger partial charge >= 0.3 is 0 Å². The van der Waals surface area contributed by atoms with E-state index in [9.17, 15) is 0 Å². The molecular formula is C18H31IN4O. The first-order valence-electron chi connectivity index (χ1n) is 8.58. The topological polar surface area (TPSA) is 48.9 Å². The Labute approximate surface area is 163 Å². The minimum absolute atomic E-state index is 0. The van der Waals surface area contributed by atoms with Crippen molar-refractivity contribution in [1.82, 2.24) is 15.5 Å². The number of hydrogen-bond acceptors (Lipinski definition) is 3. The first-order valence-corrected chi connectivity index (χ1v) is 8.58. The molecule has 136 valence electrons. The number of benzene rings is 1. The summed E-state index contributed by atoms with van der Waals surface area (Å²) >= 11 is 0. The minimum Gasteiger partial charge on any atom is -0.497 e. The number of rotatable bonds is 6. The number of nitrogens with zero attached hydrogens (tertiary/aromatic N) is 2. The summed E-state index contributed by atoms with van der Waals surface area (Å²) in [4.78, 5) is 6.89. The zero-order valence-corrected chi connectivity index (χ0v) is 17.4. The van der Waals surface area contributed by atoms with Crippen LogP contribution in [0.4, 0.5) is 0 Å². The zero-order chi connectivity index (χ0) is 16.5. The number of aliphatic imine (C=N–C) groups is 1. The lowest BCUT2D eigenvalue weighted by Crippen LogP contribution is -2.48. The molecule has 1 unspecified atom stereocenters. The van der Waals surface area contributed by atoms with Crippen molar-refractivity contribution in [3.05, 3.63) is 29.8 Å². The molecule has 1 aromatic carbocycles. The van der Waals surface area contributed by atoms with Gasteiger partial charge in [-0.1, -0.05) is 25.5 Å². The molecule has 0 aromatic heterocycles. The highest BCUT2D eigenvalue weighted by molar-refractivity contribution is 14.0. The molecule has 1 aliphatic heterocycles. The highest BCUT2D eigenvalue weighted by Gasteiger charge is 2.20. The lowest BCUT2D eigenvalue weighted by atomic mass is 10.0. The fraction of sp³-hybridized carbons (Fsp3) is 0.611. The predicted octanol–water partition coefficient (Wildman–Crippen LogP) is 2.85. The van der Waals surface area contributed by atoms with Gasteiger partial charge in [0.15, 0.2) is 5.96 Å². The van der Waals surface area contributed by atoms with Gasteiger partial charge in [-0.15, -0.1) is 24.0 Å². The summed E-state index contributed by atoms with van der Waals surface area (Å²) in [6.45, 7) is 6.31. The molecule has 1 fully saturated rings. The van der Waals surface area contributed by atoms with Gasteiger partial charge in [-0.3, -0.25) is 9.89 Å². The van der Waals surface area contributed by atoms with E-state index in [1.54, 1.807) is 7.11 Å². The second kappa shape index (κ2) is 11.5. The molecule has 2 N–H and O–H groups in total. The van der Waals surface area contributed by atoms with Crippen LogP contribution in [0.1, 0.15) is 31.7 Å². The Kier molecular flexibility index (Phi) is 10.1. The molecule has 0 radical (unpaired) electrons. The maximum absolute atomic E-state index is 5.18. The number of likely N-dealkylation sites (N-methyl/N-ethyl adjacent to an activating group) is 1. The molecule has 24 heavy (non-hydrogen) atoms. The van der Waals surface area contributed by atoms with Gasteiger partial charge in [0, 0.05) is 26.2 Å². The van der Waals surface area contributed by atoms with Crippen molar-refractivity contribution in [2.24, 2.45) is 4.99 Å². The van der Waals surface area contributed by atoms with E-state index in [2.05, 4.69) is 39.6 Å². The third kappa shape index (κ3) is 6.47. The Balaban J connectivity index is 0.00000288. The maximum Gasteiger partial charge on any atom is 0.191 e. The number of halogens is 1. The maximum atomic E-state index is 5.18. The molecule has 2 rings (SSSR count). The zero-order valence-electron chi connectivity index (χ0n) is 15.0. The number of nitrogens with one attached hydrogen (secondary N) is 2.